The van der Waals surface area contributed by atoms with Crippen molar-refractivity contribution >= 4 is 23.2 Å². The van der Waals surface area contributed by atoms with Crippen LogP contribution in [0.15, 0.2) is 45.5 Å². The van der Waals surface area contributed by atoms with Crippen molar-refractivity contribution in [1.29, 1.82) is 0 Å². The summed E-state index contributed by atoms with van der Waals surface area (Å²) in [5.74, 6) is -0.118. The summed E-state index contributed by atoms with van der Waals surface area (Å²) in [7, 11) is 0. The smallest absolute Gasteiger partial charge is 0.238 e. The van der Waals surface area contributed by atoms with Crippen LogP contribution in [0.4, 0.5) is 15.8 Å². The van der Waals surface area contributed by atoms with Gasteiger partial charge in [-0.1, -0.05) is 5.16 Å². The monoisotopic (exact) mass is 457 g/mol. The molecule has 174 valence electrons. The van der Waals surface area contributed by atoms with E-state index in [9.17, 15) is 14.0 Å². The normalized spacial score (nSPS) is 14.2. The van der Waals surface area contributed by atoms with Crippen LogP contribution >= 0.6 is 0 Å². The average Bonchev–Trinajstić information content (AvgIpc) is 3.51. The number of halogens is 1. The van der Waals surface area contributed by atoms with Gasteiger partial charge in [0, 0.05) is 44.6 Å². The zero-order chi connectivity index (χ0) is 23.0. The van der Waals surface area contributed by atoms with Gasteiger partial charge in [0.2, 0.25) is 23.5 Å². The Bertz CT molecular complexity index is 1080. The highest BCUT2D eigenvalue weighted by Crippen LogP contribution is 2.21. The van der Waals surface area contributed by atoms with Gasteiger partial charge in [-0.2, -0.15) is 4.98 Å². The summed E-state index contributed by atoms with van der Waals surface area (Å²) in [5.41, 5.74) is 0.381. The molecule has 1 fully saturated rings. The minimum atomic E-state index is -0.580. The second kappa shape index (κ2) is 10.8. The zero-order valence-corrected chi connectivity index (χ0v) is 17.9. The maximum Gasteiger partial charge on any atom is 0.238 e. The molecule has 0 saturated carbocycles. The molecule has 2 aromatic heterocycles. The van der Waals surface area contributed by atoms with E-state index in [1.165, 1.54) is 24.5 Å². The summed E-state index contributed by atoms with van der Waals surface area (Å²) in [6, 6.07) is 7.43. The van der Waals surface area contributed by atoms with Crippen LogP contribution in [0.25, 0.3) is 11.6 Å². The molecular formula is C22H24FN5O5. The molecule has 1 aliphatic rings. The van der Waals surface area contributed by atoms with E-state index < -0.39 is 5.82 Å². The van der Waals surface area contributed by atoms with Crippen LogP contribution in [0, 0.1) is 5.82 Å². The molecule has 10 nitrogen and oxygen atoms in total. The number of nitrogens with one attached hydrogen (secondary N) is 2. The Morgan fingerprint density at radius 2 is 1.91 bits per heavy atom. The lowest BCUT2D eigenvalue weighted by molar-refractivity contribution is -0.117. The molecule has 1 aromatic carbocycles. The van der Waals surface area contributed by atoms with Gasteiger partial charge in [0.05, 0.1) is 25.2 Å². The minimum Gasteiger partial charge on any atom is -0.461 e. The molecule has 2 N–H and O–H groups in total. The number of hydrogen-bond donors (Lipinski definition) is 2. The SMILES string of the molecule is O=C(CCc1nc(-c2ccco2)no1)Nc1ccc(F)c(NC(=O)CCN2CCOCC2)c1. The quantitative estimate of drug-likeness (QED) is 0.503. The van der Waals surface area contributed by atoms with Crippen LogP contribution in [-0.2, 0) is 20.7 Å². The molecule has 1 aliphatic heterocycles. The lowest BCUT2D eigenvalue weighted by Gasteiger charge is -2.26. The van der Waals surface area contributed by atoms with E-state index in [0.717, 1.165) is 13.1 Å². The third-order valence-corrected chi connectivity index (χ3v) is 5.06. The standard InChI is InChI=1S/C22H24FN5O5/c23-16-4-3-15(14-17(16)25-20(30)7-8-28-9-12-31-13-10-28)24-19(29)5-6-21-26-22(27-33-21)18-2-1-11-32-18/h1-4,11,14H,5-10,12-13H2,(H,24,29)(H,25,30). The molecule has 0 unspecified atom stereocenters. The second-order valence-corrected chi connectivity index (χ2v) is 7.48. The van der Waals surface area contributed by atoms with Gasteiger partial charge in [-0.15, -0.1) is 0 Å². The van der Waals surface area contributed by atoms with Crippen LogP contribution in [0.2, 0.25) is 0 Å². The van der Waals surface area contributed by atoms with Gasteiger partial charge in [-0.3, -0.25) is 14.5 Å². The molecule has 2 amide bonds. The fraction of sp³-hybridized carbons (Fsp3) is 0.364. The number of morpholine rings is 1. The van der Waals surface area contributed by atoms with Gasteiger partial charge >= 0.3 is 0 Å². The number of aryl methyl sites for hydroxylation is 1. The maximum absolute atomic E-state index is 14.2. The van der Waals surface area contributed by atoms with E-state index in [-0.39, 0.29) is 36.8 Å². The summed E-state index contributed by atoms with van der Waals surface area (Å²) < 4.78 is 29.8. The number of amides is 2. The number of hydrogen-bond acceptors (Lipinski definition) is 8. The van der Waals surface area contributed by atoms with Crippen molar-refractivity contribution in [3.05, 3.63) is 48.3 Å². The van der Waals surface area contributed by atoms with Gasteiger partial charge in [0.15, 0.2) is 5.76 Å². The molecule has 0 atom stereocenters. The van der Waals surface area contributed by atoms with Crippen LogP contribution in [-0.4, -0.2) is 59.7 Å². The zero-order valence-electron chi connectivity index (χ0n) is 17.9. The molecule has 0 spiro atoms. The van der Waals surface area contributed by atoms with Gasteiger partial charge in [0.25, 0.3) is 0 Å². The summed E-state index contributed by atoms with van der Waals surface area (Å²) in [6.45, 7) is 3.42. The molecule has 3 heterocycles. The van der Waals surface area contributed by atoms with Crippen molar-refractivity contribution in [2.75, 3.05) is 43.5 Å². The number of ether oxygens (including phenoxy) is 1. The average molecular weight is 457 g/mol. The Hall–Kier alpha value is -3.57. The number of rotatable bonds is 9. The van der Waals surface area contributed by atoms with Crippen LogP contribution < -0.4 is 10.6 Å². The van der Waals surface area contributed by atoms with Crippen molar-refractivity contribution in [2.24, 2.45) is 0 Å². The van der Waals surface area contributed by atoms with Crippen molar-refractivity contribution < 1.29 is 27.7 Å². The van der Waals surface area contributed by atoms with Gasteiger partial charge in [0.1, 0.15) is 5.82 Å². The van der Waals surface area contributed by atoms with E-state index >= 15 is 0 Å². The lowest BCUT2D eigenvalue weighted by Crippen LogP contribution is -2.38. The first kappa shape index (κ1) is 22.6. The highest BCUT2D eigenvalue weighted by atomic mass is 19.1. The van der Waals surface area contributed by atoms with Crippen molar-refractivity contribution in [1.82, 2.24) is 15.0 Å². The predicted molar refractivity (Wildman–Crippen MR) is 116 cm³/mol. The fourth-order valence-electron chi connectivity index (χ4n) is 3.30. The molecule has 0 aliphatic carbocycles. The van der Waals surface area contributed by atoms with Crippen LogP contribution in [0.5, 0.6) is 0 Å². The Morgan fingerprint density at radius 1 is 1.09 bits per heavy atom. The van der Waals surface area contributed by atoms with Gasteiger partial charge in [-0.05, 0) is 30.3 Å². The Labute approximate surface area is 189 Å². The van der Waals surface area contributed by atoms with Crippen molar-refractivity contribution in [3.63, 3.8) is 0 Å². The van der Waals surface area contributed by atoms with Gasteiger partial charge < -0.3 is 24.3 Å². The third-order valence-electron chi connectivity index (χ3n) is 5.06. The summed E-state index contributed by atoms with van der Waals surface area (Å²) in [6.07, 6.45) is 2.05. The van der Waals surface area contributed by atoms with E-state index in [4.69, 9.17) is 13.7 Å². The molecule has 11 heteroatoms. The highest BCUT2D eigenvalue weighted by molar-refractivity contribution is 5.94. The van der Waals surface area contributed by atoms with Gasteiger partial charge in [-0.25, -0.2) is 4.39 Å². The summed E-state index contributed by atoms with van der Waals surface area (Å²) >= 11 is 0. The number of furan rings is 1. The molecule has 1 saturated heterocycles. The topological polar surface area (TPSA) is 123 Å². The molecule has 4 rings (SSSR count). The van der Waals surface area contributed by atoms with Crippen molar-refractivity contribution in [2.45, 2.75) is 19.3 Å². The first-order valence-corrected chi connectivity index (χ1v) is 10.6. The summed E-state index contributed by atoms with van der Waals surface area (Å²) in [4.78, 5) is 30.8. The molecular weight excluding hydrogens is 433 g/mol. The number of nitrogens with zero attached hydrogens (tertiary/aromatic N) is 3. The minimum absolute atomic E-state index is 0.0137. The second-order valence-electron chi connectivity index (χ2n) is 7.48. The fourth-order valence-corrected chi connectivity index (χ4v) is 3.30. The van der Waals surface area contributed by atoms with E-state index in [2.05, 4.69) is 25.7 Å². The maximum atomic E-state index is 14.2. The van der Waals surface area contributed by atoms with E-state index in [1.807, 2.05) is 0 Å². The Balaban J connectivity index is 1.26. The highest BCUT2D eigenvalue weighted by Gasteiger charge is 2.15. The first-order chi connectivity index (χ1) is 16.1. The largest absolute Gasteiger partial charge is 0.461 e. The molecule has 33 heavy (non-hydrogen) atoms. The molecule has 0 radical (unpaired) electrons. The number of benzene rings is 1. The van der Waals surface area contributed by atoms with E-state index in [0.29, 0.717) is 42.9 Å². The number of carbonyl (C=O) groups excluding carboxylic acids is 2. The number of anilines is 2. The first-order valence-electron chi connectivity index (χ1n) is 10.6. The molecule has 3 aromatic rings. The Morgan fingerprint density at radius 3 is 2.70 bits per heavy atom. The predicted octanol–water partition coefficient (Wildman–Crippen LogP) is 2.70. The third kappa shape index (κ3) is 6.46. The van der Waals surface area contributed by atoms with E-state index in [1.54, 1.807) is 12.1 Å². The summed E-state index contributed by atoms with van der Waals surface area (Å²) in [5, 5.41) is 9.07. The van der Waals surface area contributed by atoms with Crippen LogP contribution in [0.1, 0.15) is 18.7 Å². The molecule has 0 bridgehead atoms. The Kier molecular flexibility index (Phi) is 7.43. The van der Waals surface area contributed by atoms with Crippen LogP contribution in [0.3, 0.4) is 0 Å². The lowest BCUT2D eigenvalue weighted by atomic mass is 10.2. The number of carbonyl (C=O) groups is 2. The van der Waals surface area contributed by atoms with Crippen molar-refractivity contribution in [3.8, 4) is 11.6 Å². The number of aromatic nitrogens is 2.